The lowest BCUT2D eigenvalue weighted by molar-refractivity contribution is 0.0894. The molecule has 1 atom stereocenters. The highest BCUT2D eigenvalue weighted by Gasteiger charge is 2.17. The fourth-order valence-corrected chi connectivity index (χ4v) is 1.85. The standard InChI is InChI=1S/C15H17N3O3/c1-20-10-13(12-5-3-4-7-16-12)18-15(19)11-6-8-17-14(9-11)21-2/h3-9,13H,10H2,1-2H3,(H,18,19). The van der Waals surface area contributed by atoms with Crippen molar-refractivity contribution in [3.8, 4) is 5.88 Å². The quantitative estimate of drug-likeness (QED) is 0.873. The van der Waals surface area contributed by atoms with E-state index in [-0.39, 0.29) is 11.9 Å². The first kappa shape index (κ1) is 14.9. The molecule has 6 heteroatoms. The van der Waals surface area contributed by atoms with Crippen molar-refractivity contribution >= 4 is 5.91 Å². The third-order valence-electron chi connectivity index (χ3n) is 2.89. The number of hydrogen-bond acceptors (Lipinski definition) is 5. The van der Waals surface area contributed by atoms with E-state index in [1.807, 2.05) is 18.2 Å². The molecule has 0 aliphatic rings. The van der Waals surface area contributed by atoms with Gasteiger partial charge in [-0.05, 0) is 18.2 Å². The number of carbonyl (C=O) groups is 1. The monoisotopic (exact) mass is 287 g/mol. The van der Waals surface area contributed by atoms with Crippen LogP contribution in [0.15, 0.2) is 42.7 Å². The Morgan fingerprint density at radius 1 is 1.24 bits per heavy atom. The SMILES string of the molecule is COCC(NC(=O)c1ccnc(OC)c1)c1ccccn1. The van der Waals surface area contributed by atoms with E-state index < -0.39 is 0 Å². The van der Waals surface area contributed by atoms with E-state index in [9.17, 15) is 4.79 Å². The Kier molecular flexibility index (Phi) is 5.22. The van der Waals surface area contributed by atoms with Crippen LogP contribution in [-0.4, -0.2) is 36.7 Å². The molecular formula is C15H17N3O3. The van der Waals surface area contributed by atoms with Crippen molar-refractivity contribution in [2.24, 2.45) is 0 Å². The van der Waals surface area contributed by atoms with Gasteiger partial charge in [-0.3, -0.25) is 9.78 Å². The van der Waals surface area contributed by atoms with E-state index in [1.165, 1.54) is 13.3 Å². The summed E-state index contributed by atoms with van der Waals surface area (Å²) in [5.74, 6) is 0.159. The molecule has 2 heterocycles. The number of carbonyl (C=O) groups excluding carboxylic acids is 1. The Balaban J connectivity index is 2.14. The Bertz CT molecular complexity index is 590. The Labute approximate surface area is 123 Å². The van der Waals surface area contributed by atoms with E-state index in [0.29, 0.717) is 18.1 Å². The van der Waals surface area contributed by atoms with Gasteiger partial charge in [0, 0.05) is 31.1 Å². The summed E-state index contributed by atoms with van der Waals surface area (Å²) in [5.41, 5.74) is 1.22. The van der Waals surface area contributed by atoms with Crippen molar-refractivity contribution in [1.82, 2.24) is 15.3 Å². The molecule has 0 aliphatic heterocycles. The zero-order valence-corrected chi connectivity index (χ0v) is 11.9. The van der Waals surface area contributed by atoms with Crippen molar-refractivity contribution in [3.05, 3.63) is 54.0 Å². The van der Waals surface area contributed by atoms with Crippen LogP contribution in [0.25, 0.3) is 0 Å². The third kappa shape index (κ3) is 4.00. The van der Waals surface area contributed by atoms with Crippen LogP contribution in [0.2, 0.25) is 0 Å². The number of methoxy groups -OCH3 is 2. The molecule has 1 unspecified atom stereocenters. The first-order valence-electron chi connectivity index (χ1n) is 6.45. The summed E-state index contributed by atoms with van der Waals surface area (Å²) in [4.78, 5) is 20.5. The van der Waals surface area contributed by atoms with Gasteiger partial charge in [0.05, 0.1) is 25.5 Å². The molecule has 0 bridgehead atoms. The normalized spacial score (nSPS) is 11.7. The van der Waals surface area contributed by atoms with Crippen molar-refractivity contribution in [1.29, 1.82) is 0 Å². The molecule has 2 aromatic heterocycles. The van der Waals surface area contributed by atoms with Gasteiger partial charge in [0.2, 0.25) is 5.88 Å². The zero-order chi connectivity index (χ0) is 15.1. The van der Waals surface area contributed by atoms with Crippen LogP contribution in [0.1, 0.15) is 22.1 Å². The van der Waals surface area contributed by atoms with Crippen molar-refractivity contribution in [2.75, 3.05) is 20.8 Å². The molecule has 0 radical (unpaired) electrons. The van der Waals surface area contributed by atoms with Crippen LogP contribution < -0.4 is 10.1 Å². The van der Waals surface area contributed by atoms with Gasteiger partial charge in [0.15, 0.2) is 0 Å². The number of amides is 1. The van der Waals surface area contributed by atoms with Crippen LogP contribution in [0.3, 0.4) is 0 Å². The van der Waals surface area contributed by atoms with Crippen molar-refractivity contribution < 1.29 is 14.3 Å². The second-order valence-electron chi connectivity index (χ2n) is 4.32. The molecule has 1 amide bonds. The molecule has 2 rings (SSSR count). The van der Waals surface area contributed by atoms with E-state index in [2.05, 4.69) is 15.3 Å². The van der Waals surface area contributed by atoms with Crippen LogP contribution in [0.5, 0.6) is 5.88 Å². The second-order valence-corrected chi connectivity index (χ2v) is 4.32. The largest absolute Gasteiger partial charge is 0.481 e. The fourth-order valence-electron chi connectivity index (χ4n) is 1.85. The summed E-state index contributed by atoms with van der Waals surface area (Å²) in [6.07, 6.45) is 3.21. The highest BCUT2D eigenvalue weighted by molar-refractivity contribution is 5.94. The number of nitrogens with one attached hydrogen (secondary N) is 1. The molecule has 2 aromatic rings. The number of pyridine rings is 2. The van der Waals surface area contributed by atoms with Gasteiger partial charge in [-0.25, -0.2) is 4.98 Å². The minimum absolute atomic E-state index is 0.233. The average Bonchev–Trinajstić information content (AvgIpc) is 2.55. The summed E-state index contributed by atoms with van der Waals surface area (Å²) in [7, 11) is 3.09. The maximum Gasteiger partial charge on any atom is 0.252 e. The maximum atomic E-state index is 12.3. The number of hydrogen-bond donors (Lipinski definition) is 1. The number of ether oxygens (including phenoxy) is 2. The molecular weight excluding hydrogens is 270 g/mol. The zero-order valence-electron chi connectivity index (χ0n) is 11.9. The van der Waals surface area contributed by atoms with Crippen LogP contribution in [0, 0.1) is 0 Å². The minimum Gasteiger partial charge on any atom is -0.481 e. The lowest BCUT2D eigenvalue weighted by Crippen LogP contribution is -2.31. The van der Waals surface area contributed by atoms with Gasteiger partial charge >= 0.3 is 0 Å². The van der Waals surface area contributed by atoms with Gasteiger partial charge in [-0.1, -0.05) is 6.07 Å². The first-order valence-corrected chi connectivity index (χ1v) is 6.45. The lowest BCUT2D eigenvalue weighted by Gasteiger charge is -2.17. The smallest absolute Gasteiger partial charge is 0.252 e. The first-order chi connectivity index (χ1) is 10.2. The number of aromatic nitrogens is 2. The molecule has 0 saturated heterocycles. The maximum absolute atomic E-state index is 12.3. The van der Waals surface area contributed by atoms with Crippen LogP contribution in [-0.2, 0) is 4.74 Å². The topological polar surface area (TPSA) is 73.3 Å². The predicted molar refractivity (Wildman–Crippen MR) is 77.1 cm³/mol. The Hall–Kier alpha value is -2.47. The summed E-state index contributed by atoms with van der Waals surface area (Å²) in [6, 6.07) is 8.42. The van der Waals surface area contributed by atoms with Gasteiger partial charge in [0.25, 0.3) is 5.91 Å². The fraction of sp³-hybridized carbons (Fsp3) is 0.267. The molecule has 0 fully saturated rings. The van der Waals surface area contributed by atoms with Crippen molar-refractivity contribution in [3.63, 3.8) is 0 Å². The average molecular weight is 287 g/mol. The Morgan fingerprint density at radius 3 is 2.76 bits per heavy atom. The van der Waals surface area contributed by atoms with Gasteiger partial charge in [-0.15, -0.1) is 0 Å². The molecule has 6 nitrogen and oxygen atoms in total. The molecule has 0 spiro atoms. The summed E-state index contributed by atoms with van der Waals surface area (Å²) in [6.45, 7) is 0.338. The molecule has 0 aliphatic carbocycles. The predicted octanol–water partition coefficient (Wildman–Crippen LogP) is 1.60. The summed E-state index contributed by atoms with van der Waals surface area (Å²) < 4.78 is 10.2. The van der Waals surface area contributed by atoms with E-state index in [0.717, 1.165) is 5.69 Å². The van der Waals surface area contributed by atoms with Crippen molar-refractivity contribution in [2.45, 2.75) is 6.04 Å². The minimum atomic E-state index is -0.317. The van der Waals surface area contributed by atoms with Gasteiger partial charge in [0.1, 0.15) is 0 Å². The summed E-state index contributed by atoms with van der Waals surface area (Å²) in [5, 5.41) is 2.89. The van der Waals surface area contributed by atoms with E-state index in [1.54, 1.807) is 25.4 Å². The number of rotatable bonds is 6. The highest BCUT2D eigenvalue weighted by Crippen LogP contribution is 2.13. The third-order valence-corrected chi connectivity index (χ3v) is 2.89. The van der Waals surface area contributed by atoms with E-state index in [4.69, 9.17) is 9.47 Å². The summed E-state index contributed by atoms with van der Waals surface area (Å²) >= 11 is 0. The number of nitrogens with zero attached hydrogens (tertiary/aromatic N) is 2. The van der Waals surface area contributed by atoms with Crippen LogP contribution >= 0.6 is 0 Å². The van der Waals surface area contributed by atoms with Gasteiger partial charge < -0.3 is 14.8 Å². The molecule has 110 valence electrons. The second kappa shape index (κ2) is 7.35. The molecule has 21 heavy (non-hydrogen) atoms. The Morgan fingerprint density at radius 2 is 2.10 bits per heavy atom. The lowest BCUT2D eigenvalue weighted by atomic mass is 10.1. The van der Waals surface area contributed by atoms with Crippen LogP contribution in [0.4, 0.5) is 0 Å². The van der Waals surface area contributed by atoms with E-state index >= 15 is 0 Å². The van der Waals surface area contributed by atoms with Gasteiger partial charge in [-0.2, -0.15) is 0 Å². The highest BCUT2D eigenvalue weighted by atomic mass is 16.5. The molecule has 1 N–H and O–H groups in total. The molecule has 0 aromatic carbocycles. The molecule has 0 saturated carbocycles.